The number of benzene rings is 1. The summed E-state index contributed by atoms with van der Waals surface area (Å²) >= 11 is 0. The SMILES string of the molecule is C#CCOc1ccc(C2CC(=O)Nc3c2c(C)nn3-c2ccc3nncn3n2)cc1OCC. The molecule has 10 heteroatoms. The summed E-state index contributed by atoms with van der Waals surface area (Å²) < 4.78 is 14.6. The highest BCUT2D eigenvalue weighted by Crippen LogP contribution is 2.42. The minimum atomic E-state index is -0.206. The van der Waals surface area contributed by atoms with Gasteiger partial charge in [0.2, 0.25) is 5.91 Å². The second-order valence-corrected chi connectivity index (χ2v) is 7.52. The van der Waals surface area contributed by atoms with Crippen LogP contribution < -0.4 is 14.8 Å². The Hall–Kier alpha value is -4.39. The van der Waals surface area contributed by atoms with Crippen molar-refractivity contribution in [2.75, 3.05) is 18.5 Å². The zero-order valence-corrected chi connectivity index (χ0v) is 18.1. The van der Waals surface area contributed by atoms with Crippen molar-refractivity contribution in [3.63, 3.8) is 0 Å². The van der Waals surface area contributed by atoms with Crippen molar-refractivity contribution >= 4 is 17.4 Å². The molecule has 5 rings (SSSR count). The molecule has 3 aromatic heterocycles. The Labute approximate surface area is 189 Å². The number of carbonyl (C=O) groups is 1. The molecule has 0 saturated carbocycles. The van der Waals surface area contributed by atoms with E-state index in [4.69, 9.17) is 15.9 Å². The zero-order valence-electron chi connectivity index (χ0n) is 18.1. The molecule has 0 saturated heterocycles. The van der Waals surface area contributed by atoms with Gasteiger partial charge in [-0.3, -0.25) is 4.79 Å². The van der Waals surface area contributed by atoms with Crippen LogP contribution >= 0.6 is 0 Å². The number of hydrogen-bond donors (Lipinski definition) is 1. The van der Waals surface area contributed by atoms with E-state index in [9.17, 15) is 4.79 Å². The lowest BCUT2D eigenvalue weighted by atomic mass is 9.85. The second-order valence-electron chi connectivity index (χ2n) is 7.52. The van der Waals surface area contributed by atoms with Crippen LogP contribution in [0.3, 0.4) is 0 Å². The quantitative estimate of drug-likeness (QED) is 0.456. The number of anilines is 1. The van der Waals surface area contributed by atoms with Crippen molar-refractivity contribution in [3.8, 4) is 29.7 Å². The first kappa shape index (κ1) is 20.5. The Morgan fingerprint density at radius 1 is 1.21 bits per heavy atom. The molecule has 33 heavy (non-hydrogen) atoms. The lowest BCUT2D eigenvalue weighted by Gasteiger charge is -2.25. The van der Waals surface area contributed by atoms with Crippen LogP contribution in [0.2, 0.25) is 0 Å². The number of aryl methyl sites for hydroxylation is 1. The molecule has 1 N–H and O–H groups in total. The van der Waals surface area contributed by atoms with Gasteiger partial charge in [-0.25, -0.2) is 0 Å². The van der Waals surface area contributed by atoms with Crippen LogP contribution in [0.5, 0.6) is 11.5 Å². The van der Waals surface area contributed by atoms with Crippen LogP contribution in [0.1, 0.15) is 36.1 Å². The molecule has 1 amide bonds. The van der Waals surface area contributed by atoms with Gasteiger partial charge in [0.25, 0.3) is 0 Å². The molecule has 166 valence electrons. The summed E-state index contributed by atoms with van der Waals surface area (Å²) in [6, 6.07) is 9.24. The standard InChI is InChI=1S/C23H21N7O3/c1-4-10-33-17-7-6-15(11-18(17)32-5-2)16-12-21(31)25-23-22(16)14(3)27-30(23)20-9-8-19-26-24-13-29(19)28-20/h1,6-9,11,13,16H,5,10,12H2,2-3H3,(H,25,31). The Bertz CT molecular complexity index is 1400. The normalized spacial score (nSPS) is 15.1. The average molecular weight is 443 g/mol. The number of terminal acetylenes is 1. The number of rotatable bonds is 6. The van der Waals surface area contributed by atoms with Crippen molar-refractivity contribution in [2.24, 2.45) is 0 Å². The average Bonchev–Trinajstić information content (AvgIpc) is 3.41. The molecule has 0 radical (unpaired) electrons. The Balaban J connectivity index is 1.59. The largest absolute Gasteiger partial charge is 0.490 e. The molecule has 10 nitrogen and oxygen atoms in total. The van der Waals surface area contributed by atoms with Crippen LogP contribution in [0.25, 0.3) is 11.5 Å². The van der Waals surface area contributed by atoms with Gasteiger partial charge in [-0.1, -0.05) is 12.0 Å². The fourth-order valence-electron chi connectivity index (χ4n) is 4.08. The highest BCUT2D eigenvalue weighted by atomic mass is 16.5. The van der Waals surface area contributed by atoms with Crippen molar-refractivity contribution in [3.05, 3.63) is 53.5 Å². The van der Waals surface area contributed by atoms with Crippen molar-refractivity contribution in [1.82, 2.24) is 29.6 Å². The highest BCUT2D eigenvalue weighted by molar-refractivity contribution is 5.95. The molecular weight excluding hydrogens is 422 g/mol. The summed E-state index contributed by atoms with van der Waals surface area (Å²) in [6.45, 7) is 4.44. The fourth-order valence-corrected chi connectivity index (χ4v) is 4.08. The van der Waals surface area contributed by atoms with Gasteiger partial charge in [0.15, 0.2) is 23.0 Å². The number of amides is 1. The number of nitrogens with zero attached hydrogens (tertiary/aromatic N) is 6. The first-order valence-electron chi connectivity index (χ1n) is 10.5. The predicted octanol–water partition coefficient (Wildman–Crippen LogP) is 2.50. The molecular formula is C23H21N7O3. The van der Waals surface area contributed by atoms with Crippen LogP contribution in [0.15, 0.2) is 36.7 Å². The summed E-state index contributed by atoms with van der Waals surface area (Å²) in [5, 5.41) is 20.0. The van der Waals surface area contributed by atoms with Gasteiger partial charge >= 0.3 is 0 Å². The van der Waals surface area contributed by atoms with Crippen LogP contribution in [0.4, 0.5) is 5.82 Å². The number of hydrogen-bond acceptors (Lipinski definition) is 7. The Morgan fingerprint density at radius 2 is 2.09 bits per heavy atom. The molecule has 0 fully saturated rings. The Kier molecular flexibility index (Phi) is 5.14. The summed E-state index contributed by atoms with van der Waals surface area (Å²) in [5.74, 6) is 4.44. The van der Waals surface area contributed by atoms with Gasteiger partial charge in [0, 0.05) is 17.9 Å². The van der Waals surface area contributed by atoms with E-state index >= 15 is 0 Å². The first-order valence-corrected chi connectivity index (χ1v) is 10.5. The summed E-state index contributed by atoms with van der Waals surface area (Å²) in [7, 11) is 0. The van der Waals surface area contributed by atoms with Crippen molar-refractivity contribution in [1.29, 1.82) is 0 Å². The van der Waals surface area contributed by atoms with E-state index in [1.54, 1.807) is 21.3 Å². The molecule has 1 aliphatic rings. The second kappa shape index (κ2) is 8.27. The first-order chi connectivity index (χ1) is 16.1. The topological polar surface area (TPSA) is 108 Å². The zero-order chi connectivity index (χ0) is 22.9. The lowest BCUT2D eigenvalue weighted by molar-refractivity contribution is -0.116. The molecule has 4 aromatic rings. The third-order valence-electron chi connectivity index (χ3n) is 5.45. The highest BCUT2D eigenvalue weighted by Gasteiger charge is 2.33. The van der Waals surface area contributed by atoms with E-state index in [0.717, 1.165) is 16.8 Å². The van der Waals surface area contributed by atoms with Gasteiger partial charge in [0.1, 0.15) is 18.8 Å². The minimum Gasteiger partial charge on any atom is -0.490 e. The van der Waals surface area contributed by atoms with Crippen LogP contribution in [0, 0.1) is 19.3 Å². The maximum Gasteiger partial charge on any atom is 0.226 e. The summed E-state index contributed by atoms with van der Waals surface area (Å²) in [6.07, 6.45) is 7.13. The molecule has 0 aliphatic carbocycles. The molecule has 1 atom stereocenters. The van der Waals surface area contributed by atoms with Gasteiger partial charge in [-0.05, 0) is 43.7 Å². The molecule has 4 heterocycles. The molecule has 1 aliphatic heterocycles. The van der Waals surface area contributed by atoms with Gasteiger partial charge in [-0.15, -0.1) is 21.7 Å². The fraction of sp³-hybridized carbons (Fsp3) is 0.261. The third-order valence-corrected chi connectivity index (χ3v) is 5.45. The number of carbonyl (C=O) groups excluding carboxylic acids is 1. The third kappa shape index (κ3) is 3.63. The van der Waals surface area contributed by atoms with Crippen LogP contribution in [-0.2, 0) is 4.79 Å². The molecule has 1 aromatic carbocycles. The smallest absolute Gasteiger partial charge is 0.226 e. The van der Waals surface area contributed by atoms with Crippen molar-refractivity contribution < 1.29 is 14.3 Å². The van der Waals surface area contributed by atoms with Gasteiger partial charge in [0.05, 0.1) is 12.3 Å². The van der Waals surface area contributed by atoms with E-state index < -0.39 is 0 Å². The summed E-state index contributed by atoms with van der Waals surface area (Å²) in [5.41, 5.74) is 3.27. The van der Waals surface area contributed by atoms with E-state index in [-0.39, 0.29) is 24.9 Å². The van der Waals surface area contributed by atoms with Crippen LogP contribution in [-0.4, -0.2) is 48.7 Å². The molecule has 0 bridgehead atoms. The maximum absolute atomic E-state index is 12.7. The summed E-state index contributed by atoms with van der Waals surface area (Å²) in [4.78, 5) is 12.7. The van der Waals surface area contributed by atoms with Gasteiger partial charge < -0.3 is 14.8 Å². The number of fused-ring (bicyclic) bond motifs is 2. The monoisotopic (exact) mass is 443 g/mol. The van der Waals surface area contributed by atoms with E-state index in [1.165, 1.54) is 6.33 Å². The van der Waals surface area contributed by atoms with E-state index in [2.05, 4.69) is 31.6 Å². The molecule has 1 unspecified atom stereocenters. The van der Waals surface area contributed by atoms with Crippen molar-refractivity contribution in [2.45, 2.75) is 26.2 Å². The number of aromatic nitrogens is 6. The van der Waals surface area contributed by atoms with E-state index in [0.29, 0.717) is 35.4 Å². The number of nitrogens with one attached hydrogen (secondary N) is 1. The van der Waals surface area contributed by atoms with E-state index in [1.807, 2.05) is 32.0 Å². The maximum atomic E-state index is 12.7. The lowest BCUT2D eigenvalue weighted by Crippen LogP contribution is -2.25. The molecule has 0 spiro atoms. The van der Waals surface area contributed by atoms with Gasteiger partial charge in [-0.2, -0.15) is 14.3 Å². The number of ether oxygens (including phenoxy) is 2. The minimum absolute atomic E-state index is 0.107. The Morgan fingerprint density at radius 3 is 2.91 bits per heavy atom. The predicted molar refractivity (Wildman–Crippen MR) is 120 cm³/mol.